The fourth-order valence-electron chi connectivity index (χ4n) is 4.20. The Bertz CT molecular complexity index is 1290. The van der Waals surface area contributed by atoms with Crippen molar-refractivity contribution in [3.8, 4) is 0 Å². The van der Waals surface area contributed by atoms with Gasteiger partial charge in [0.1, 0.15) is 23.5 Å². The summed E-state index contributed by atoms with van der Waals surface area (Å²) in [5.74, 6) is -2.27. The van der Waals surface area contributed by atoms with Gasteiger partial charge in [0.15, 0.2) is 0 Å². The molecule has 2 atom stereocenters. The topological polar surface area (TPSA) is 83.1 Å². The van der Waals surface area contributed by atoms with E-state index >= 15 is 0 Å². The largest absolute Gasteiger partial charge is 0.416 e. The monoisotopic (exact) mass is 576 g/mol. The molecule has 0 aliphatic carbocycles. The maximum absolute atomic E-state index is 13.4. The number of anilines is 1. The van der Waals surface area contributed by atoms with Gasteiger partial charge in [0.05, 0.1) is 12.0 Å². The Morgan fingerprint density at radius 3 is 2.29 bits per heavy atom. The van der Waals surface area contributed by atoms with Gasteiger partial charge in [-0.05, 0) is 67.1 Å². The average Bonchev–Trinajstić information content (AvgIpc) is 2.90. The van der Waals surface area contributed by atoms with Gasteiger partial charge in [0, 0.05) is 24.8 Å². The van der Waals surface area contributed by atoms with Crippen molar-refractivity contribution in [3.05, 3.63) is 94.7 Å². The molecule has 2 amide bonds. The van der Waals surface area contributed by atoms with E-state index in [2.05, 4.69) is 20.9 Å². The number of rotatable bonds is 13. The van der Waals surface area contributed by atoms with Crippen molar-refractivity contribution in [1.82, 2.24) is 15.6 Å². The molecule has 0 radical (unpaired) electrons. The zero-order chi connectivity index (χ0) is 30.0. The fourth-order valence-corrected chi connectivity index (χ4v) is 4.20. The highest BCUT2D eigenvalue weighted by atomic mass is 19.4. The summed E-state index contributed by atoms with van der Waals surface area (Å²) in [5, 5.41) is 8.53. The number of hydrogen-bond acceptors (Lipinski definition) is 4. The molecule has 1 heterocycles. The summed E-state index contributed by atoms with van der Waals surface area (Å²) < 4.78 is 65.5. The van der Waals surface area contributed by atoms with E-state index in [1.165, 1.54) is 6.07 Å². The number of aryl methyl sites for hydroxylation is 1. The van der Waals surface area contributed by atoms with E-state index < -0.39 is 41.2 Å². The lowest BCUT2D eigenvalue weighted by molar-refractivity contribution is -0.137. The molecule has 0 spiro atoms. The minimum absolute atomic E-state index is 0.0335. The Hall–Kier alpha value is -3.86. The first-order valence-electron chi connectivity index (χ1n) is 13.3. The first-order valence-corrected chi connectivity index (χ1v) is 13.3. The number of carbonyl (C=O) groups excluding carboxylic acids is 2. The van der Waals surface area contributed by atoms with Crippen LogP contribution in [0.3, 0.4) is 0 Å². The van der Waals surface area contributed by atoms with Crippen molar-refractivity contribution < 1.29 is 31.5 Å². The van der Waals surface area contributed by atoms with Crippen molar-refractivity contribution in [2.45, 2.75) is 70.8 Å². The second kappa shape index (κ2) is 14.7. The maximum Gasteiger partial charge on any atom is 0.416 e. The van der Waals surface area contributed by atoms with Crippen molar-refractivity contribution in [3.63, 3.8) is 0 Å². The number of benzene rings is 2. The molecule has 3 N–H and O–H groups in total. The second-order valence-corrected chi connectivity index (χ2v) is 9.92. The molecule has 0 aliphatic rings. The van der Waals surface area contributed by atoms with Crippen LogP contribution in [0.1, 0.15) is 55.4 Å². The van der Waals surface area contributed by atoms with Crippen LogP contribution in [0, 0.1) is 11.6 Å². The van der Waals surface area contributed by atoms with Gasteiger partial charge in [-0.3, -0.25) is 9.59 Å². The van der Waals surface area contributed by atoms with Gasteiger partial charge < -0.3 is 16.0 Å². The van der Waals surface area contributed by atoms with Crippen LogP contribution in [0.2, 0.25) is 0 Å². The molecule has 0 bridgehead atoms. The predicted octanol–water partition coefficient (Wildman–Crippen LogP) is 5.96. The van der Waals surface area contributed by atoms with Crippen LogP contribution in [0.25, 0.3) is 0 Å². The molecule has 0 saturated carbocycles. The molecule has 0 fully saturated rings. The zero-order valence-electron chi connectivity index (χ0n) is 22.8. The molecule has 2 unspecified atom stereocenters. The number of alkyl halides is 3. The van der Waals surface area contributed by atoms with E-state index in [0.29, 0.717) is 43.6 Å². The van der Waals surface area contributed by atoms with Crippen LogP contribution in [0.4, 0.5) is 27.8 Å². The van der Waals surface area contributed by atoms with Crippen LogP contribution < -0.4 is 16.0 Å². The number of amides is 2. The highest BCUT2D eigenvalue weighted by Gasteiger charge is 2.30. The summed E-state index contributed by atoms with van der Waals surface area (Å²) >= 11 is 0. The van der Waals surface area contributed by atoms with Crippen LogP contribution in [-0.2, 0) is 35.2 Å². The molecule has 220 valence electrons. The van der Waals surface area contributed by atoms with E-state index in [1.54, 1.807) is 18.3 Å². The quantitative estimate of drug-likeness (QED) is 0.220. The molecule has 2 aromatic carbocycles. The van der Waals surface area contributed by atoms with Crippen LogP contribution in [0.5, 0.6) is 0 Å². The van der Waals surface area contributed by atoms with Crippen molar-refractivity contribution in [1.29, 1.82) is 0 Å². The molecular weight excluding hydrogens is 543 g/mol. The molecular formula is C30H33F5N4O2. The third-order valence-corrected chi connectivity index (χ3v) is 6.37. The lowest BCUT2D eigenvalue weighted by Crippen LogP contribution is -2.44. The predicted molar refractivity (Wildman–Crippen MR) is 146 cm³/mol. The van der Waals surface area contributed by atoms with Gasteiger partial charge in [-0.15, -0.1) is 0 Å². The number of hydrogen-bond donors (Lipinski definition) is 3. The molecule has 3 aromatic rings. The standard InChI is InChI=1S/C30H33F5N4O2/c1-3-5-26(38-28(40)15-22-13-24(31)16-25(32)14-22)29(41)39-27-11-10-20(17-37-27)9-8-19(2)36-18-21-6-4-7-23(12-21)30(33,34)35/h4,6-7,10-14,16-17,19,26,36H,3,5,8-9,15,18H2,1-2H3,(H,38,40)(H,37,39,41). The van der Waals surface area contributed by atoms with Gasteiger partial charge in [0.25, 0.3) is 0 Å². The van der Waals surface area contributed by atoms with E-state index in [-0.39, 0.29) is 18.0 Å². The van der Waals surface area contributed by atoms with E-state index in [4.69, 9.17) is 0 Å². The average molecular weight is 577 g/mol. The molecule has 6 nitrogen and oxygen atoms in total. The lowest BCUT2D eigenvalue weighted by atomic mass is 10.1. The maximum atomic E-state index is 13.4. The minimum Gasteiger partial charge on any atom is -0.344 e. The smallest absolute Gasteiger partial charge is 0.344 e. The summed E-state index contributed by atoms with van der Waals surface area (Å²) in [5.41, 5.74) is 0.949. The van der Waals surface area contributed by atoms with Gasteiger partial charge >= 0.3 is 6.18 Å². The number of halogens is 5. The number of nitrogens with zero attached hydrogens (tertiary/aromatic N) is 1. The van der Waals surface area contributed by atoms with Gasteiger partial charge in [-0.1, -0.05) is 37.6 Å². The summed E-state index contributed by atoms with van der Waals surface area (Å²) in [6, 6.07) is 10.7. The highest BCUT2D eigenvalue weighted by Crippen LogP contribution is 2.29. The van der Waals surface area contributed by atoms with Crippen LogP contribution >= 0.6 is 0 Å². The normalized spacial score (nSPS) is 13.0. The third kappa shape index (κ3) is 10.6. The molecule has 0 saturated heterocycles. The Labute approximate surface area is 235 Å². The Morgan fingerprint density at radius 1 is 0.927 bits per heavy atom. The molecule has 1 aromatic heterocycles. The fraction of sp³-hybridized carbons (Fsp3) is 0.367. The van der Waals surface area contributed by atoms with Crippen LogP contribution in [0.15, 0.2) is 60.8 Å². The molecule has 41 heavy (non-hydrogen) atoms. The molecule has 11 heteroatoms. The van der Waals surface area contributed by atoms with E-state index in [0.717, 1.165) is 35.9 Å². The zero-order valence-corrected chi connectivity index (χ0v) is 22.8. The van der Waals surface area contributed by atoms with Crippen molar-refractivity contribution >= 4 is 17.6 Å². The number of aromatic nitrogens is 1. The van der Waals surface area contributed by atoms with Crippen LogP contribution in [-0.4, -0.2) is 28.9 Å². The number of pyridine rings is 1. The van der Waals surface area contributed by atoms with E-state index in [1.807, 2.05) is 19.9 Å². The first-order chi connectivity index (χ1) is 19.4. The summed E-state index contributed by atoms with van der Waals surface area (Å²) in [6.07, 6.45) is -0.683. The molecule has 0 aliphatic heterocycles. The summed E-state index contributed by atoms with van der Waals surface area (Å²) in [4.78, 5) is 29.5. The van der Waals surface area contributed by atoms with Gasteiger partial charge in [-0.25, -0.2) is 13.8 Å². The Morgan fingerprint density at radius 2 is 1.66 bits per heavy atom. The Balaban J connectivity index is 1.47. The summed E-state index contributed by atoms with van der Waals surface area (Å²) in [7, 11) is 0. The SMILES string of the molecule is CCCC(NC(=O)Cc1cc(F)cc(F)c1)C(=O)Nc1ccc(CCC(C)NCc2cccc(C(F)(F)F)c2)cn1. The second-order valence-electron chi connectivity index (χ2n) is 9.92. The van der Waals surface area contributed by atoms with E-state index in [9.17, 15) is 31.5 Å². The molecule has 3 rings (SSSR count). The number of nitrogens with one attached hydrogen (secondary N) is 3. The lowest BCUT2D eigenvalue weighted by Gasteiger charge is -2.18. The van der Waals surface area contributed by atoms with Gasteiger partial charge in [-0.2, -0.15) is 13.2 Å². The van der Waals surface area contributed by atoms with Crippen molar-refractivity contribution in [2.24, 2.45) is 0 Å². The van der Waals surface area contributed by atoms with Crippen molar-refractivity contribution in [2.75, 3.05) is 5.32 Å². The Kier molecular flexibility index (Phi) is 11.3. The van der Waals surface area contributed by atoms with Gasteiger partial charge in [0.2, 0.25) is 11.8 Å². The first kappa shape index (κ1) is 31.7. The minimum atomic E-state index is -4.38. The summed E-state index contributed by atoms with van der Waals surface area (Å²) in [6.45, 7) is 4.11. The third-order valence-electron chi connectivity index (χ3n) is 6.37. The highest BCUT2D eigenvalue weighted by molar-refractivity contribution is 5.96. The number of carbonyl (C=O) groups is 2.